The van der Waals surface area contributed by atoms with Crippen molar-refractivity contribution in [3.05, 3.63) is 0 Å². The van der Waals surface area contributed by atoms with Crippen molar-refractivity contribution in [3.63, 3.8) is 0 Å². The molecule has 2 rings (SSSR count). The van der Waals surface area contributed by atoms with Crippen LogP contribution in [0.5, 0.6) is 0 Å². The molecule has 0 aromatic rings. The van der Waals surface area contributed by atoms with Crippen molar-refractivity contribution in [1.82, 2.24) is 0 Å². The second-order valence-corrected chi connectivity index (χ2v) is 17.7. The normalized spacial score (nSPS) is 28.6. The van der Waals surface area contributed by atoms with Gasteiger partial charge in [0.2, 0.25) is 89.0 Å². The Bertz CT molecular complexity index is 2300. The molecule has 0 bridgehead atoms. The Morgan fingerprint density at radius 3 is 1.12 bits per heavy atom. The second-order valence-electron chi connectivity index (χ2n) is 9.49. The van der Waals surface area contributed by atoms with Crippen molar-refractivity contribution in [3.8, 4) is 0 Å². The van der Waals surface area contributed by atoms with E-state index in [1.165, 1.54) is 0 Å². The van der Waals surface area contributed by atoms with Crippen LogP contribution in [0.1, 0.15) is 0 Å². The van der Waals surface area contributed by atoms with E-state index in [2.05, 4.69) is 33.5 Å². The summed E-state index contributed by atoms with van der Waals surface area (Å²) in [5.41, 5.74) is 0. The van der Waals surface area contributed by atoms with Gasteiger partial charge in [-0.2, -0.15) is 0 Å². The molecule has 328 valence electrons. The van der Waals surface area contributed by atoms with Gasteiger partial charge < -0.3 is 50.6 Å². The third-order valence-corrected chi connectivity index (χ3v) is 9.18. The Hall–Kier alpha value is 3.88. The van der Waals surface area contributed by atoms with E-state index >= 15 is 0 Å². The molecule has 59 heavy (non-hydrogen) atoms. The van der Waals surface area contributed by atoms with Gasteiger partial charge in [0, 0.05) is 0 Å². The van der Waals surface area contributed by atoms with Crippen LogP contribution in [0, 0.1) is 0 Å². The molecule has 0 aliphatic carbocycles. The molecule has 0 saturated carbocycles. The Labute approximate surface area is 452 Å². The van der Waals surface area contributed by atoms with Crippen molar-refractivity contribution < 1.29 is 151 Å². The molecular formula is C12H14Ca4O35S8. The van der Waals surface area contributed by atoms with Crippen molar-refractivity contribution in [2.75, 3.05) is 19.8 Å². The minimum absolute atomic E-state index is 0. The van der Waals surface area contributed by atoms with E-state index in [4.69, 9.17) is 14.2 Å². The second kappa shape index (κ2) is 24.9. The topological polar surface area (TPSA) is 559 Å². The Morgan fingerprint density at radius 1 is 0.407 bits per heavy atom. The predicted molar refractivity (Wildman–Crippen MR) is 160 cm³/mol. The maximum Gasteiger partial charge on any atom is 2.00 e. The average molecular weight is 1140 g/mol. The summed E-state index contributed by atoms with van der Waals surface area (Å²) in [6, 6.07) is 0. The largest absolute Gasteiger partial charge is 2.00 e. The van der Waals surface area contributed by atoms with Gasteiger partial charge in [-0.15, -0.1) is 0 Å². The number of hydrogen-bond acceptors (Lipinski definition) is 35. The smallest absolute Gasteiger partial charge is 0.726 e. The maximum atomic E-state index is 11.7. The molecule has 2 aliphatic rings. The summed E-state index contributed by atoms with van der Waals surface area (Å²) < 4.78 is 320. The van der Waals surface area contributed by atoms with E-state index in [0.717, 1.165) is 0 Å². The first-order chi connectivity index (χ1) is 24.2. The molecular weight excluding hydrogens is 1120 g/mol. The van der Waals surface area contributed by atoms with Gasteiger partial charge in [0.05, 0.1) is 13.2 Å². The van der Waals surface area contributed by atoms with Gasteiger partial charge >= 0.3 is 151 Å². The minimum atomic E-state index is -6.58. The molecule has 0 unspecified atom stereocenters. The molecule has 0 spiro atoms. The molecule has 0 radical (unpaired) electrons. The van der Waals surface area contributed by atoms with E-state index in [9.17, 15) is 104 Å². The van der Waals surface area contributed by atoms with Gasteiger partial charge in [0.1, 0.15) is 37.1 Å². The molecule has 0 aromatic carbocycles. The molecule has 0 aromatic heterocycles. The van der Waals surface area contributed by atoms with Crippen LogP contribution in [0.15, 0.2) is 0 Å². The standard InChI is InChI=1S/C12H22O35S8.4Ca/c13-48(14,15)37-1-4-6(43-51(22,23)24)8(45-53(28,29)30)9(46-54(31,32)33)11(40-4)42-12(3-39-50(19,20)21)10(47-55(34,35)36)7(44-52(25,26)27)5(41-12)2-38-49(16,17)18;;;;/h4-11H,1-3H2,(H,13,14,15)(H,16,17,18)(H,19,20,21)(H,22,23,24)(H,25,26,27)(H,28,29,30)(H,31,32,33)(H,34,35,36);;;;/q;4*+2/p-8/t4-,5-,6-,7-,8+,9-,10+,11-,12+;;;;/m1..../s1. The van der Waals surface area contributed by atoms with Crippen molar-refractivity contribution in [2.45, 2.75) is 54.8 Å². The summed E-state index contributed by atoms with van der Waals surface area (Å²) in [6.45, 7) is -6.74. The molecule has 0 N–H and O–H groups in total. The van der Waals surface area contributed by atoms with E-state index < -0.39 is 158 Å². The number of rotatable bonds is 21. The first kappa shape index (κ1) is 67.1. The number of hydrogen-bond donors (Lipinski definition) is 0. The van der Waals surface area contributed by atoms with Gasteiger partial charge in [0.15, 0.2) is 18.5 Å². The Kier molecular flexibility index (Phi) is 28.4. The van der Waals surface area contributed by atoms with Crippen LogP contribution in [-0.4, -0.2) is 329 Å². The average Bonchev–Trinajstić information content (AvgIpc) is 3.15. The van der Waals surface area contributed by atoms with Gasteiger partial charge in [-0.05, 0) is 0 Å². The van der Waals surface area contributed by atoms with E-state index in [1.54, 1.807) is 0 Å². The summed E-state index contributed by atoms with van der Waals surface area (Å²) in [6.07, 6.45) is -27.5. The van der Waals surface area contributed by atoms with Gasteiger partial charge in [0.25, 0.3) is 0 Å². The van der Waals surface area contributed by atoms with Crippen LogP contribution in [0.3, 0.4) is 0 Å². The monoisotopic (exact) mass is 1130 g/mol. The quantitative estimate of drug-likeness (QED) is 0.0585. The van der Waals surface area contributed by atoms with Gasteiger partial charge in [-0.1, -0.05) is 0 Å². The van der Waals surface area contributed by atoms with Crippen molar-refractivity contribution in [1.29, 1.82) is 0 Å². The number of ether oxygens (including phenoxy) is 3. The molecule has 9 atom stereocenters. The fourth-order valence-corrected chi connectivity index (χ4v) is 7.60. The van der Waals surface area contributed by atoms with E-state index in [-0.39, 0.29) is 151 Å². The SMILES string of the molecule is O=S(=O)([O-])OC[C@H]1O[C@@](COS(=O)(=O)[O-])(O[C@H]2O[C@H](COS(=O)(=O)[O-])[C@@H](OS(=O)(=O)[O-])[C@H](OS(=O)(=O)[O-])[C@H]2OS(=O)(=O)[O-])[C@@H](OS(=O)(=O)[O-])[C@@H]1OS(=O)(=O)[O-].[Ca+2].[Ca+2].[Ca+2].[Ca+2]. The zero-order valence-corrected chi connectivity index (χ0v) is 43.0. The maximum absolute atomic E-state index is 11.7. The summed E-state index contributed by atoms with van der Waals surface area (Å²) in [7, 11) is -50.8. The molecule has 2 aliphatic heterocycles. The zero-order chi connectivity index (χ0) is 43.0. The third-order valence-electron chi connectivity index (χ3n) is 5.65. The van der Waals surface area contributed by atoms with Crippen LogP contribution >= 0.6 is 0 Å². The van der Waals surface area contributed by atoms with Crippen LogP contribution in [-0.2, 0) is 131 Å². The summed E-state index contributed by atoms with van der Waals surface area (Å²) in [5, 5.41) is 0. The molecule has 2 heterocycles. The van der Waals surface area contributed by atoms with Gasteiger partial charge in [-0.3, -0.25) is 33.5 Å². The summed E-state index contributed by atoms with van der Waals surface area (Å²) >= 11 is 0. The fourth-order valence-electron chi connectivity index (χ4n) is 4.21. The fraction of sp³-hybridized carbons (Fsp3) is 1.00. The predicted octanol–water partition coefficient (Wildman–Crippen LogP) is -11.0. The molecule has 2 saturated heterocycles. The van der Waals surface area contributed by atoms with Crippen LogP contribution < -0.4 is 0 Å². The van der Waals surface area contributed by atoms with E-state index in [0.29, 0.717) is 0 Å². The Balaban J connectivity index is -0.00000784. The molecule has 35 nitrogen and oxygen atoms in total. The van der Waals surface area contributed by atoms with Gasteiger partial charge in [-0.25, -0.2) is 67.3 Å². The van der Waals surface area contributed by atoms with Crippen molar-refractivity contribution >= 4 is 234 Å². The van der Waals surface area contributed by atoms with Crippen molar-refractivity contribution in [2.24, 2.45) is 0 Å². The zero-order valence-electron chi connectivity index (χ0n) is 27.6. The first-order valence-electron chi connectivity index (χ1n) is 12.2. The summed E-state index contributed by atoms with van der Waals surface area (Å²) in [5.74, 6) is -4.31. The minimum Gasteiger partial charge on any atom is -0.726 e. The molecule has 0 amide bonds. The first-order valence-corrected chi connectivity index (χ1v) is 22.9. The Morgan fingerprint density at radius 2 is 0.746 bits per heavy atom. The van der Waals surface area contributed by atoms with Crippen LogP contribution in [0.25, 0.3) is 0 Å². The third kappa shape index (κ3) is 26.3. The van der Waals surface area contributed by atoms with Crippen LogP contribution in [0.2, 0.25) is 0 Å². The molecule has 2 fully saturated rings. The van der Waals surface area contributed by atoms with E-state index in [1.807, 2.05) is 0 Å². The van der Waals surface area contributed by atoms with Crippen LogP contribution in [0.4, 0.5) is 0 Å². The molecule has 47 heteroatoms. The summed E-state index contributed by atoms with van der Waals surface area (Å²) in [4.78, 5) is 0.